The lowest BCUT2D eigenvalue weighted by molar-refractivity contribution is 0.0705. The number of nitrogens with one attached hydrogen (secondary N) is 1. The zero-order valence-corrected chi connectivity index (χ0v) is 20.7. The Kier molecular flexibility index (Phi) is 8.72. The van der Waals surface area contributed by atoms with Crippen molar-refractivity contribution in [1.82, 2.24) is 15.4 Å². The summed E-state index contributed by atoms with van der Waals surface area (Å²) in [6, 6.07) is 14.0. The Labute approximate surface area is 204 Å². The predicted octanol–water partition coefficient (Wildman–Crippen LogP) is 3.93. The number of nitrogens with zero attached hydrogens (tertiary/aromatic N) is 2. The van der Waals surface area contributed by atoms with Crippen molar-refractivity contribution in [2.24, 2.45) is 5.92 Å². The SMILES string of the molecule is COc1ccc(CNC(=O)c2cc(CN(CC(C)C)C(=O)c3ccc(OC)c(OC)c3)on2)cc1. The highest BCUT2D eigenvalue weighted by Crippen LogP contribution is 2.28. The highest BCUT2D eigenvalue weighted by atomic mass is 16.5. The van der Waals surface area contributed by atoms with Crippen molar-refractivity contribution in [3.05, 3.63) is 71.1 Å². The molecule has 0 atom stereocenters. The van der Waals surface area contributed by atoms with E-state index in [0.717, 1.165) is 11.3 Å². The molecule has 2 amide bonds. The lowest BCUT2D eigenvalue weighted by atomic mass is 10.1. The van der Waals surface area contributed by atoms with E-state index in [-0.39, 0.29) is 30.0 Å². The monoisotopic (exact) mass is 481 g/mol. The van der Waals surface area contributed by atoms with Gasteiger partial charge in [0.2, 0.25) is 0 Å². The van der Waals surface area contributed by atoms with E-state index < -0.39 is 0 Å². The number of carbonyl (C=O) groups is 2. The number of hydrogen-bond acceptors (Lipinski definition) is 7. The van der Waals surface area contributed by atoms with Crippen LogP contribution in [-0.2, 0) is 13.1 Å². The summed E-state index contributed by atoms with van der Waals surface area (Å²) in [6.07, 6.45) is 0. The standard InChI is InChI=1S/C26H31N3O6/c1-17(2)15-29(26(31)19-8-11-23(33-4)24(12-19)34-5)16-21-13-22(28-35-21)25(30)27-14-18-6-9-20(32-3)10-7-18/h6-13,17H,14-16H2,1-5H3,(H,27,30). The minimum atomic E-state index is -0.363. The predicted molar refractivity (Wildman–Crippen MR) is 130 cm³/mol. The van der Waals surface area contributed by atoms with Crippen molar-refractivity contribution in [3.8, 4) is 17.2 Å². The molecule has 1 N–H and O–H groups in total. The molecule has 0 saturated heterocycles. The Balaban J connectivity index is 1.68. The first kappa shape index (κ1) is 25.6. The number of carbonyl (C=O) groups excluding carboxylic acids is 2. The van der Waals surface area contributed by atoms with Crippen LogP contribution in [0.3, 0.4) is 0 Å². The molecule has 3 rings (SSSR count). The average molecular weight is 482 g/mol. The van der Waals surface area contributed by atoms with Gasteiger partial charge in [-0.15, -0.1) is 0 Å². The van der Waals surface area contributed by atoms with Gasteiger partial charge in [0.15, 0.2) is 23.0 Å². The molecular formula is C26H31N3O6. The molecule has 0 aliphatic carbocycles. The summed E-state index contributed by atoms with van der Waals surface area (Å²) in [5, 5.41) is 6.70. The van der Waals surface area contributed by atoms with Gasteiger partial charge >= 0.3 is 0 Å². The second kappa shape index (κ2) is 11.9. The number of amides is 2. The summed E-state index contributed by atoms with van der Waals surface area (Å²) in [5.41, 5.74) is 1.53. The van der Waals surface area contributed by atoms with Crippen LogP contribution in [-0.4, -0.2) is 49.7 Å². The normalized spacial score (nSPS) is 10.7. The van der Waals surface area contributed by atoms with Crippen molar-refractivity contribution in [2.75, 3.05) is 27.9 Å². The van der Waals surface area contributed by atoms with Crippen LogP contribution in [0, 0.1) is 5.92 Å². The molecule has 1 aromatic heterocycles. The summed E-state index contributed by atoms with van der Waals surface area (Å²) >= 11 is 0. The minimum Gasteiger partial charge on any atom is -0.497 e. The molecule has 1 heterocycles. The first-order valence-electron chi connectivity index (χ1n) is 11.2. The number of benzene rings is 2. The first-order valence-corrected chi connectivity index (χ1v) is 11.2. The first-order chi connectivity index (χ1) is 16.8. The van der Waals surface area contributed by atoms with Gasteiger partial charge in [0.1, 0.15) is 5.75 Å². The van der Waals surface area contributed by atoms with Crippen molar-refractivity contribution < 1.29 is 28.3 Å². The summed E-state index contributed by atoms with van der Waals surface area (Å²) in [7, 11) is 4.66. The van der Waals surface area contributed by atoms with Crippen molar-refractivity contribution in [2.45, 2.75) is 26.9 Å². The molecule has 0 spiro atoms. The molecule has 35 heavy (non-hydrogen) atoms. The number of rotatable bonds is 11. The van der Waals surface area contributed by atoms with Gasteiger partial charge in [-0.25, -0.2) is 0 Å². The Hall–Kier alpha value is -4.01. The fourth-order valence-electron chi connectivity index (χ4n) is 3.51. The Bertz CT molecular complexity index is 1140. The van der Waals surface area contributed by atoms with Crippen LogP contribution in [0.25, 0.3) is 0 Å². The molecule has 0 unspecified atom stereocenters. The third-order valence-electron chi connectivity index (χ3n) is 5.25. The van der Waals surface area contributed by atoms with Gasteiger partial charge in [-0.2, -0.15) is 0 Å². The topological polar surface area (TPSA) is 103 Å². The van der Waals surface area contributed by atoms with Crippen LogP contribution in [0.5, 0.6) is 17.2 Å². The molecule has 0 saturated carbocycles. The number of methoxy groups -OCH3 is 3. The second-order valence-corrected chi connectivity index (χ2v) is 8.36. The summed E-state index contributed by atoms with van der Waals surface area (Å²) in [5.74, 6) is 1.83. The summed E-state index contributed by atoms with van der Waals surface area (Å²) in [4.78, 5) is 27.5. The van der Waals surface area contributed by atoms with E-state index in [2.05, 4.69) is 10.5 Å². The molecule has 0 fully saturated rings. The minimum absolute atomic E-state index is 0.150. The van der Waals surface area contributed by atoms with E-state index in [1.807, 2.05) is 38.1 Å². The molecule has 0 aliphatic heterocycles. The third kappa shape index (κ3) is 6.75. The van der Waals surface area contributed by atoms with Crippen molar-refractivity contribution in [3.63, 3.8) is 0 Å². The molecule has 186 valence electrons. The quantitative estimate of drug-likeness (QED) is 0.443. The number of aromatic nitrogens is 1. The summed E-state index contributed by atoms with van der Waals surface area (Å²) < 4.78 is 21.1. The zero-order valence-electron chi connectivity index (χ0n) is 20.7. The zero-order chi connectivity index (χ0) is 25.4. The van der Waals surface area contributed by atoms with Crippen LogP contribution in [0.1, 0.15) is 46.0 Å². The van der Waals surface area contributed by atoms with Crippen LogP contribution < -0.4 is 19.5 Å². The lowest BCUT2D eigenvalue weighted by Gasteiger charge is -2.24. The van der Waals surface area contributed by atoms with Gasteiger partial charge in [0.25, 0.3) is 11.8 Å². The fraction of sp³-hybridized carbons (Fsp3) is 0.346. The number of hydrogen-bond donors (Lipinski definition) is 1. The van der Waals surface area contributed by atoms with Gasteiger partial charge in [-0.05, 0) is 41.8 Å². The maximum atomic E-state index is 13.3. The molecule has 0 radical (unpaired) electrons. The largest absolute Gasteiger partial charge is 0.497 e. The van der Waals surface area contributed by atoms with Crippen LogP contribution >= 0.6 is 0 Å². The molecule has 0 bridgehead atoms. The van der Waals surface area contributed by atoms with Crippen LogP contribution in [0.2, 0.25) is 0 Å². The third-order valence-corrected chi connectivity index (χ3v) is 5.25. The van der Waals surface area contributed by atoms with E-state index in [0.29, 0.717) is 35.9 Å². The van der Waals surface area contributed by atoms with Crippen molar-refractivity contribution >= 4 is 11.8 Å². The molecule has 9 nitrogen and oxygen atoms in total. The Morgan fingerprint density at radius 1 is 0.971 bits per heavy atom. The lowest BCUT2D eigenvalue weighted by Crippen LogP contribution is -2.33. The highest BCUT2D eigenvalue weighted by molar-refractivity contribution is 5.95. The van der Waals surface area contributed by atoms with E-state index in [1.165, 1.54) is 7.11 Å². The smallest absolute Gasteiger partial charge is 0.273 e. The second-order valence-electron chi connectivity index (χ2n) is 8.36. The fourth-order valence-corrected chi connectivity index (χ4v) is 3.51. The van der Waals surface area contributed by atoms with Gasteiger partial charge in [-0.3, -0.25) is 9.59 Å². The van der Waals surface area contributed by atoms with E-state index in [1.54, 1.807) is 43.4 Å². The van der Waals surface area contributed by atoms with Crippen LogP contribution in [0.4, 0.5) is 0 Å². The van der Waals surface area contributed by atoms with Crippen LogP contribution in [0.15, 0.2) is 53.1 Å². The molecule has 0 aliphatic rings. The average Bonchev–Trinajstić information content (AvgIpc) is 3.34. The van der Waals surface area contributed by atoms with Gasteiger partial charge in [-0.1, -0.05) is 31.1 Å². The van der Waals surface area contributed by atoms with E-state index in [4.69, 9.17) is 18.7 Å². The molecule has 9 heteroatoms. The van der Waals surface area contributed by atoms with E-state index in [9.17, 15) is 9.59 Å². The highest BCUT2D eigenvalue weighted by Gasteiger charge is 2.22. The van der Waals surface area contributed by atoms with Gasteiger partial charge < -0.3 is 29.0 Å². The Morgan fingerprint density at radius 2 is 1.69 bits per heavy atom. The molecule has 2 aromatic carbocycles. The molecular weight excluding hydrogens is 450 g/mol. The Morgan fingerprint density at radius 3 is 2.31 bits per heavy atom. The van der Waals surface area contributed by atoms with Gasteiger partial charge in [0.05, 0.1) is 27.9 Å². The number of ether oxygens (including phenoxy) is 3. The van der Waals surface area contributed by atoms with Crippen molar-refractivity contribution in [1.29, 1.82) is 0 Å². The maximum absolute atomic E-state index is 13.3. The van der Waals surface area contributed by atoms with E-state index >= 15 is 0 Å². The molecule has 3 aromatic rings. The van der Waals surface area contributed by atoms with Gasteiger partial charge in [0, 0.05) is 24.7 Å². The maximum Gasteiger partial charge on any atom is 0.273 e. The summed E-state index contributed by atoms with van der Waals surface area (Å²) in [6.45, 7) is 5.04.